The molecule has 3 heterocycles. The molecular weight excluding hydrogens is 458 g/mol. The van der Waals surface area contributed by atoms with Gasteiger partial charge in [-0.25, -0.2) is 9.97 Å². The van der Waals surface area contributed by atoms with E-state index in [1.54, 1.807) is 16.7 Å². The molecule has 7 heteroatoms. The van der Waals surface area contributed by atoms with Crippen molar-refractivity contribution in [3.05, 3.63) is 93.4 Å². The molecule has 0 unspecified atom stereocenters. The minimum Gasteiger partial charge on any atom is -0.370 e. The monoisotopic (exact) mass is 485 g/mol. The highest BCUT2D eigenvalue weighted by atomic mass is 32.2. The average molecular weight is 486 g/mol. The first kappa shape index (κ1) is 23.5. The SMILES string of the molecule is CC[C@]1(C)Cc2nc3nc(SCC(=O)c4ccccc4)n(-c4ccccc4C)c(=O)c3cc2CO1. The van der Waals surface area contributed by atoms with Crippen molar-refractivity contribution >= 4 is 28.6 Å². The summed E-state index contributed by atoms with van der Waals surface area (Å²) < 4.78 is 7.69. The Morgan fingerprint density at radius 2 is 1.86 bits per heavy atom. The summed E-state index contributed by atoms with van der Waals surface area (Å²) in [6, 6.07) is 18.7. The zero-order chi connectivity index (χ0) is 24.6. The van der Waals surface area contributed by atoms with E-state index in [9.17, 15) is 9.59 Å². The predicted octanol–water partition coefficient (Wildman–Crippen LogP) is 5.31. The van der Waals surface area contributed by atoms with Crippen LogP contribution in [0.1, 0.15) is 47.4 Å². The van der Waals surface area contributed by atoms with E-state index in [-0.39, 0.29) is 22.7 Å². The molecule has 0 fully saturated rings. The lowest BCUT2D eigenvalue weighted by Gasteiger charge is -2.33. The summed E-state index contributed by atoms with van der Waals surface area (Å²) in [7, 11) is 0. The Morgan fingerprint density at radius 1 is 1.11 bits per heavy atom. The molecule has 1 atom stereocenters. The van der Waals surface area contributed by atoms with E-state index in [2.05, 4.69) is 13.8 Å². The van der Waals surface area contributed by atoms with Crippen LogP contribution in [0.15, 0.2) is 70.6 Å². The summed E-state index contributed by atoms with van der Waals surface area (Å²) in [5.74, 6) is 0.149. The largest absolute Gasteiger partial charge is 0.370 e. The number of rotatable bonds is 6. The van der Waals surface area contributed by atoms with Gasteiger partial charge in [-0.05, 0) is 38.0 Å². The normalized spacial score (nSPS) is 17.3. The number of aryl methyl sites for hydroxylation is 1. The summed E-state index contributed by atoms with van der Waals surface area (Å²) in [5, 5.41) is 0.910. The molecular formula is C28H27N3O3S. The summed E-state index contributed by atoms with van der Waals surface area (Å²) in [4.78, 5) is 36.3. The highest BCUT2D eigenvalue weighted by Gasteiger charge is 2.31. The van der Waals surface area contributed by atoms with Gasteiger partial charge < -0.3 is 4.74 Å². The number of ether oxygens (including phenoxy) is 1. The zero-order valence-electron chi connectivity index (χ0n) is 20.1. The third-order valence-electron chi connectivity index (χ3n) is 6.65. The summed E-state index contributed by atoms with van der Waals surface area (Å²) in [5.41, 5.74) is 4.12. The molecule has 35 heavy (non-hydrogen) atoms. The number of hydrogen-bond acceptors (Lipinski definition) is 6. The molecule has 5 rings (SSSR count). The molecule has 178 valence electrons. The number of Topliss-reactive ketones (excluding diaryl/α,β-unsaturated/α-hetero) is 1. The number of nitrogens with zero attached hydrogens (tertiary/aromatic N) is 3. The van der Waals surface area contributed by atoms with Crippen molar-refractivity contribution in [2.75, 3.05) is 5.75 Å². The number of fused-ring (bicyclic) bond motifs is 2. The minimum absolute atomic E-state index is 0.0180. The number of carbonyl (C=O) groups excluding carboxylic acids is 1. The minimum atomic E-state index is -0.274. The predicted molar refractivity (Wildman–Crippen MR) is 139 cm³/mol. The molecule has 0 radical (unpaired) electrons. The molecule has 2 aromatic heterocycles. The summed E-state index contributed by atoms with van der Waals surface area (Å²) in [6.07, 6.45) is 1.55. The van der Waals surface area contributed by atoms with Gasteiger partial charge in [0.1, 0.15) is 0 Å². The fraction of sp³-hybridized carbons (Fsp3) is 0.286. The van der Waals surface area contributed by atoms with Gasteiger partial charge >= 0.3 is 0 Å². The van der Waals surface area contributed by atoms with Crippen molar-refractivity contribution < 1.29 is 9.53 Å². The van der Waals surface area contributed by atoms with Crippen LogP contribution in [0.5, 0.6) is 0 Å². The quantitative estimate of drug-likeness (QED) is 0.209. The average Bonchev–Trinajstić information content (AvgIpc) is 2.87. The van der Waals surface area contributed by atoms with Crippen LogP contribution in [0.25, 0.3) is 16.7 Å². The van der Waals surface area contributed by atoms with Crippen LogP contribution in [0.3, 0.4) is 0 Å². The van der Waals surface area contributed by atoms with Crippen molar-refractivity contribution in [2.24, 2.45) is 0 Å². The lowest BCUT2D eigenvalue weighted by molar-refractivity contribution is -0.0573. The fourth-order valence-electron chi connectivity index (χ4n) is 4.30. The lowest BCUT2D eigenvalue weighted by Crippen LogP contribution is -2.35. The van der Waals surface area contributed by atoms with E-state index in [0.717, 1.165) is 28.9 Å². The smallest absolute Gasteiger partial charge is 0.268 e. The van der Waals surface area contributed by atoms with Crippen LogP contribution in [0.4, 0.5) is 0 Å². The second kappa shape index (κ2) is 9.40. The Kier molecular flexibility index (Phi) is 6.30. The zero-order valence-corrected chi connectivity index (χ0v) is 20.9. The van der Waals surface area contributed by atoms with Gasteiger partial charge in [0.15, 0.2) is 16.6 Å². The number of benzene rings is 2. The maximum absolute atomic E-state index is 13.8. The van der Waals surface area contributed by atoms with Gasteiger partial charge in [0.25, 0.3) is 5.56 Å². The number of hydrogen-bond donors (Lipinski definition) is 0. The van der Waals surface area contributed by atoms with Crippen molar-refractivity contribution in [1.29, 1.82) is 0 Å². The van der Waals surface area contributed by atoms with Gasteiger partial charge in [0.2, 0.25) is 0 Å². The Labute approximate surface area is 208 Å². The second-order valence-corrected chi connectivity index (χ2v) is 10.1. The van der Waals surface area contributed by atoms with Gasteiger partial charge in [-0.15, -0.1) is 0 Å². The van der Waals surface area contributed by atoms with Crippen molar-refractivity contribution in [1.82, 2.24) is 14.5 Å². The van der Waals surface area contributed by atoms with E-state index < -0.39 is 0 Å². The van der Waals surface area contributed by atoms with Crippen molar-refractivity contribution in [3.63, 3.8) is 0 Å². The second-order valence-electron chi connectivity index (χ2n) is 9.13. The number of para-hydroxylation sites is 1. The standard InChI is InChI=1S/C28H27N3O3S/c1-4-28(3)15-22-20(16-34-28)14-21-25(29-22)30-27(35-17-24(32)19-11-6-5-7-12-19)31(26(21)33)23-13-9-8-10-18(23)2/h5-14H,4,15-17H2,1-3H3/t28-/m1/s1. The first-order valence-electron chi connectivity index (χ1n) is 11.7. The van der Waals surface area contributed by atoms with Crippen LogP contribution in [0, 0.1) is 6.92 Å². The third-order valence-corrected chi connectivity index (χ3v) is 7.59. The molecule has 1 aliphatic heterocycles. The van der Waals surface area contributed by atoms with Gasteiger partial charge in [0.05, 0.1) is 34.7 Å². The van der Waals surface area contributed by atoms with E-state index >= 15 is 0 Å². The number of thioether (sulfide) groups is 1. The van der Waals surface area contributed by atoms with Gasteiger partial charge in [-0.2, -0.15) is 0 Å². The molecule has 0 spiro atoms. The molecule has 0 N–H and O–H groups in total. The van der Waals surface area contributed by atoms with Gasteiger partial charge in [-0.3, -0.25) is 14.2 Å². The van der Waals surface area contributed by atoms with Crippen LogP contribution in [-0.4, -0.2) is 31.7 Å². The summed E-state index contributed by atoms with van der Waals surface area (Å²) in [6.45, 7) is 6.57. The number of ketones is 1. The van der Waals surface area contributed by atoms with E-state index in [0.29, 0.717) is 34.8 Å². The molecule has 2 aromatic carbocycles. The summed E-state index contributed by atoms with van der Waals surface area (Å²) >= 11 is 1.26. The molecule has 0 saturated carbocycles. The molecule has 0 amide bonds. The lowest BCUT2D eigenvalue weighted by atomic mass is 9.91. The molecule has 1 aliphatic rings. The Balaban J connectivity index is 1.63. The number of carbonyl (C=O) groups is 1. The van der Waals surface area contributed by atoms with Crippen molar-refractivity contribution in [2.45, 2.75) is 51.0 Å². The number of pyridine rings is 1. The van der Waals surface area contributed by atoms with E-state index in [4.69, 9.17) is 14.7 Å². The van der Waals surface area contributed by atoms with E-state index in [1.807, 2.05) is 55.5 Å². The van der Waals surface area contributed by atoms with Crippen LogP contribution >= 0.6 is 11.8 Å². The highest BCUT2D eigenvalue weighted by Crippen LogP contribution is 2.31. The fourth-order valence-corrected chi connectivity index (χ4v) is 5.18. The third kappa shape index (κ3) is 4.54. The van der Waals surface area contributed by atoms with Crippen molar-refractivity contribution in [3.8, 4) is 5.69 Å². The van der Waals surface area contributed by atoms with Crippen LogP contribution in [0.2, 0.25) is 0 Å². The molecule has 4 aromatic rings. The highest BCUT2D eigenvalue weighted by molar-refractivity contribution is 7.99. The first-order chi connectivity index (χ1) is 16.9. The van der Waals surface area contributed by atoms with Crippen LogP contribution in [-0.2, 0) is 17.8 Å². The maximum atomic E-state index is 13.8. The maximum Gasteiger partial charge on any atom is 0.268 e. The Morgan fingerprint density at radius 3 is 2.60 bits per heavy atom. The van der Waals surface area contributed by atoms with Crippen LogP contribution < -0.4 is 5.56 Å². The molecule has 0 bridgehead atoms. The number of aromatic nitrogens is 3. The Hall–Kier alpha value is -3.29. The van der Waals surface area contributed by atoms with Gasteiger partial charge in [0, 0.05) is 17.5 Å². The molecule has 6 nitrogen and oxygen atoms in total. The first-order valence-corrected chi connectivity index (χ1v) is 12.7. The Bertz CT molecular complexity index is 1480. The van der Waals surface area contributed by atoms with Gasteiger partial charge in [-0.1, -0.05) is 67.2 Å². The molecule has 0 saturated heterocycles. The topological polar surface area (TPSA) is 74.1 Å². The van der Waals surface area contributed by atoms with E-state index in [1.165, 1.54) is 11.8 Å². The molecule has 0 aliphatic carbocycles.